The SMILES string of the molecule is CC(=O)CC(CCC(=O)O)C(=O)CN(CCC(=O)O)C(=O)CN(CCC(=O)O)C(=O)CN(CCC(=O)O)C(=O)CN(CCc1ccc(Cl)cc1)C(=O)CN(CCc1ccc(Cl)cc1)C(=O)CN(CCc1ccc(Cl)cc1)C(=O)CN(CCc1ccc(Cl)cc1)C(=O)CN(CCC(=O)O)C(=O)CN(CCC(=O)O)C(=O)CN(CCC(=O)O)C(=O)CNCCC(=O)O. The van der Waals surface area contributed by atoms with Crippen molar-refractivity contribution in [1.82, 2.24) is 54.3 Å². The van der Waals surface area contributed by atoms with Crippen LogP contribution in [0.2, 0.25) is 20.1 Å². The summed E-state index contributed by atoms with van der Waals surface area (Å²) in [5.41, 5.74) is 2.21. The lowest BCUT2D eigenvalue weighted by Crippen LogP contribution is -2.53. The van der Waals surface area contributed by atoms with Crippen molar-refractivity contribution in [3.8, 4) is 0 Å². The van der Waals surface area contributed by atoms with E-state index >= 15 is 19.2 Å². The zero-order valence-corrected chi connectivity index (χ0v) is 71.5. The summed E-state index contributed by atoms with van der Waals surface area (Å²) in [7, 11) is 0. The fraction of sp³-hybridized carbons (Fsp3) is 0.463. The number of amides is 10. The number of nitrogens with zero attached hydrogens (tertiary/aromatic N) is 10. The number of carboxylic acid groups (broad SMARTS) is 8. The molecule has 9 N–H and O–H groups in total. The summed E-state index contributed by atoms with van der Waals surface area (Å²) >= 11 is 25.0. The number of rotatable bonds is 61. The van der Waals surface area contributed by atoms with Gasteiger partial charge in [0.2, 0.25) is 59.1 Å². The molecule has 4 rings (SSSR count). The van der Waals surface area contributed by atoms with Gasteiger partial charge in [-0.05, 0) is 110 Å². The van der Waals surface area contributed by atoms with Gasteiger partial charge in [-0.2, -0.15) is 0 Å². The van der Waals surface area contributed by atoms with E-state index in [0.29, 0.717) is 61.9 Å². The van der Waals surface area contributed by atoms with Gasteiger partial charge in [-0.15, -0.1) is 0 Å². The van der Waals surface area contributed by atoms with Crippen LogP contribution >= 0.6 is 46.4 Å². The van der Waals surface area contributed by atoms with Gasteiger partial charge in [0, 0.05) is 111 Å². The molecular formula is C82H101Cl4N11O28. The van der Waals surface area contributed by atoms with Crippen molar-refractivity contribution >= 4 is 165 Å². The van der Waals surface area contributed by atoms with Gasteiger partial charge in [0.25, 0.3) is 0 Å². The predicted molar refractivity (Wildman–Crippen MR) is 446 cm³/mol. The summed E-state index contributed by atoms with van der Waals surface area (Å²) < 4.78 is 0. The van der Waals surface area contributed by atoms with Crippen LogP contribution in [-0.4, -0.2) is 352 Å². The van der Waals surface area contributed by atoms with E-state index < -0.39 is 293 Å². The van der Waals surface area contributed by atoms with Crippen molar-refractivity contribution in [2.45, 2.75) is 96.8 Å². The minimum atomic E-state index is -1.50. The molecule has 0 saturated carbocycles. The van der Waals surface area contributed by atoms with Gasteiger partial charge < -0.3 is 100.0 Å². The molecule has 0 aromatic heterocycles. The molecule has 4 aromatic rings. The monoisotopic (exact) mass is 1830 g/mol. The second-order valence-electron chi connectivity index (χ2n) is 28.8. The highest BCUT2D eigenvalue weighted by molar-refractivity contribution is 6.31. The zero-order chi connectivity index (χ0) is 93.0. The summed E-state index contributed by atoms with van der Waals surface area (Å²) in [4.78, 5) is 276. The molecule has 0 aliphatic rings. The van der Waals surface area contributed by atoms with Crippen LogP contribution in [-0.2, 0) is 122 Å². The molecule has 1 unspecified atom stereocenters. The van der Waals surface area contributed by atoms with Gasteiger partial charge in [0.05, 0.1) is 117 Å². The Morgan fingerprint density at radius 3 is 0.656 bits per heavy atom. The minimum absolute atomic E-state index is 0.00910. The molecule has 4 aromatic carbocycles. The molecule has 0 aliphatic carbocycles. The molecule has 0 aliphatic heterocycles. The normalized spacial score (nSPS) is 11.0. The van der Waals surface area contributed by atoms with Gasteiger partial charge >= 0.3 is 47.8 Å². The summed E-state index contributed by atoms with van der Waals surface area (Å²) in [5, 5.41) is 80.8. The molecule has 0 fully saturated rings. The van der Waals surface area contributed by atoms with E-state index in [0.717, 1.165) is 36.3 Å². The minimum Gasteiger partial charge on any atom is -0.481 e. The summed E-state index contributed by atoms with van der Waals surface area (Å²) in [6.07, 6.45) is -6.73. The number of Topliss-reactive ketones (excluding diaryl/α,β-unsaturated/α-hetero) is 2. The number of ketones is 2. The maximum Gasteiger partial charge on any atom is 0.305 e. The molecule has 125 heavy (non-hydrogen) atoms. The molecule has 0 bridgehead atoms. The first-order valence-electron chi connectivity index (χ1n) is 39.3. The lowest BCUT2D eigenvalue weighted by molar-refractivity contribution is -0.150. The molecule has 43 heteroatoms. The average molecular weight is 1830 g/mol. The predicted octanol–water partition coefficient (Wildman–Crippen LogP) is 2.80. The molecule has 0 heterocycles. The molecular weight excluding hydrogens is 1730 g/mol. The van der Waals surface area contributed by atoms with Crippen LogP contribution in [0.5, 0.6) is 0 Å². The average Bonchev–Trinajstić information content (AvgIpc) is 0.850. The number of carbonyl (C=O) groups excluding carboxylic acids is 12. The molecule has 1 atom stereocenters. The highest BCUT2D eigenvalue weighted by Gasteiger charge is 2.35. The van der Waals surface area contributed by atoms with Crippen molar-refractivity contribution in [2.24, 2.45) is 5.92 Å². The highest BCUT2D eigenvalue weighted by atomic mass is 35.5. The van der Waals surface area contributed by atoms with E-state index in [9.17, 15) is 112 Å². The van der Waals surface area contributed by atoms with Gasteiger partial charge in [0.15, 0.2) is 5.78 Å². The smallest absolute Gasteiger partial charge is 0.305 e. The fourth-order valence-electron chi connectivity index (χ4n) is 12.2. The van der Waals surface area contributed by atoms with Crippen LogP contribution < -0.4 is 5.32 Å². The fourth-order valence-corrected chi connectivity index (χ4v) is 12.7. The number of carboxylic acids is 8. The zero-order valence-electron chi connectivity index (χ0n) is 68.5. The largest absolute Gasteiger partial charge is 0.481 e. The molecule has 0 saturated heterocycles. The molecule has 10 amide bonds. The maximum absolute atomic E-state index is 15.5. The third-order valence-electron chi connectivity index (χ3n) is 19.2. The van der Waals surface area contributed by atoms with Crippen molar-refractivity contribution in [3.05, 3.63) is 139 Å². The van der Waals surface area contributed by atoms with Crippen LogP contribution in [0.1, 0.15) is 93.4 Å². The third-order valence-corrected chi connectivity index (χ3v) is 20.2. The Kier molecular flexibility index (Phi) is 46.4. The van der Waals surface area contributed by atoms with Crippen molar-refractivity contribution < 1.29 is 137 Å². The number of nitrogens with one attached hydrogen (secondary N) is 1. The Labute approximate surface area is 738 Å². The Morgan fingerprint density at radius 1 is 0.264 bits per heavy atom. The lowest BCUT2D eigenvalue weighted by Gasteiger charge is -2.33. The second kappa shape index (κ2) is 55.1. The molecule has 0 radical (unpaired) electrons. The first-order chi connectivity index (χ1) is 59.0. The van der Waals surface area contributed by atoms with Crippen molar-refractivity contribution in [3.63, 3.8) is 0 Å². The highest BCUT2D eigenvalue weighted by Crippen LogP contribution is 2.20. The van der Waals surface area contributed by atoms with Gasteiger partial charge in [-0.1, -0.05) is 94.9 Å². The number of carbonyl (C=O) groups is 20. The Hall–Kier alpha value is -12.2. The van der Waals surface area contributed by atoms with Crippen LogP contribution in [0.25, 0.3) is 0 Å². The summed E-state index contributed by atoms with van der Waals surface area (Å²) in [5.74, 6) is -24.5. The van der Waals surface area contributed by atoms with Crippen LogP contribution in [0.4, 0.5) is 0 Å². The van der Waals surface area contributed by atoms with E-state index in [-0.39, 0.29) is 64.8 Å². The Morgan fingerprint density at radius 2 is 0.456 bits per heavy atom. The maximum atomic E-state index is 15.5. The lowest BCUT2D eigenvalue weighted by atomic mass is 9.92. The molecule has 39 nitrogen and oxygen atoms in total. The van der Waals surface area contributed by atoms with Gasteiger partial charge in [-0.3, -0.25) is 91.1 Å². The number of hydrogen-bond donors (Lipinski definition) is 9. The van der Waals surface area contributed by atoms with Crippen LogP contribution in [0, 0.1) is 5.92 Å². The Balaban J connectivity index is 1.84. The van der Waals surface area contributed by atoms with E-state index in [1.165, 1.54) is 24.3 Å². The number of aliphatic carboxylic acids is 8. The van der Waals surface area contributed by atoms with E-state index in [4.69, 9.17) is 51.5 Å². The summed E-state index contributed by atoms with van der Waals surface area (Å²) in [6, 6.07) is 25.2. The number of benzene rings is 4. The van der Waals surface area contributed by atoms with Gasteiger partial charge in [0.1, 0.15) is 5.78 Å². The molecule has 680 valence electrons. The standard InChI is InChI=1S/C82H101Cl4N11O28/c1-54(98)42-59(10-19-75(110)111)64(99)44-88(36-25-77(114)115)66(101)46-94(38-27-79(118)119)73(108)53-97(41-30-82(124)125)72(107)50-93(35-24-58-8-17-63(86)18-9-58)70(105)48-91(33-22-56-4-13-61(84)14-5-56)68(103)47-90(32-21-55-2-11-60(83)12-3-55)69(104)49-92(34-23-57-6-15-62(85)16-7-57)71(106)51-96(40-29-81(122)123)74(109)52-95(39-28-80(120)121)67(102)45-89(37-26-78(116)117)65(100)43-87-31-20-76(112)113/h2-9,11-18,59,87H,10,19-53H2,1H3,(H,110,111)(H,112,113)(H,114,115)(H,116,117)(H,118,119)(H,120,121)(H,122,123)(H,124,125). The topological polar surface area (TPSA) is 548 Å². The van der Waals surface area contributed by atoms with Crippen LogP contribution in [0.3, 0.4) is 0 Å². The first-order valence-corrected chi connectivity index (χ1v) is 40.8. The molecule has 0 spiro atoms. The van der Waals surface area contributed by atoms with E-state index in [1.54, 1.807) is 72.8 Å². The number of hydrogen-bond acceptors (Lipinski definition) is 21. The van der Waals surface area contributed by atoms with Crippen molar-refractivity contribution in [1.29, 1.82) is 0 Å². The second-order valence-corrected chi connectivity index (χ2v) is 30.6. The third kappa shape index (κ3) is 42.6. The first kappa shape index (κ1) is 105. The van der Waals surface area contributed by atoms with E-state index in [2.05, 4.69) is 5.32 Å². The van der Waals surface area contributed by atoms with Crippen molar-refractivity contribution in [2.75, 3.05) is 144 Å². The number of halogens is 4. The van der Waals surface area contributed by atoms with Crippen LogP contribution in [0.15, 0.2) is 97.1 Å². The quantitative estimate of drug-likeness (QED) is 0.0287. The summed E-state index contributed by atoms with van der Waals surface area (Å²) in [6.45, 7) is -15.1. The van der Waals surface area contributed by atoms with E-state index in [1.807, 2.05) is 0 Å². The Bertz CT molecular complexity index is 4400. The van der Waals surface area contributed by atoms with Gasteiger partial charge in [-0.25, -0.2) is 0 Å².